The first kappa shape index (κ1) is 28.1. The number of hydrogen-bond donors (Lipinski definition) is 1. The zero-order valence-electron chi connectivity index (χ0n) is 21.7. The predicted octanol–water partition coefficient (Wildman–Crippen LogP) is 3.59. The molecule has 0 spiro atoms. The van der Waals surface area contributed by atoms with Crippen LogP contribution < -0.4 is 28.6 Å². The van der Waals surface area contributed by atoms with Crippen molar-refractivity contribution in [2.24, 2.45) is 0 Å². The minimum absolute atomic E-state index is 0.00302. The van der Waals surface area contributed by atoms with E-state index in [9.17, 15) is 18.0 Å². The van der Waals surface area contributed by atoms with Crippen molar-refractivity contribution < 1.29 is 41.7 Å². The number of amides is 1. The Kier molecular flexibility index (Phi) is 8.68. The Bertz CT molecular complexity index is 1440. The second-order valence-corrected chi connectivity index (χ2v) is 9.70. The van der Waals surface area contributed by atoms with Crippen molar-refractivity contribution in [3.8, 4) is 23.0 Å². The first-order valence-corrected chi connectivity index (χ1v) is 12.5. The first-order chi connectivity index (χ1) is 18.1. The Morgan fingerprint density at radius 1 is 0.737 bits per heavy atom. The molecule has 0 aromatic heterocycles. The van der Waals surface area contributed by atoms with Gasteiger partial charge in [-0.1, -0.05) is 0 Å². The molecule has 1 N–H and O–H groups in total. The van der Waals surface area contributed by atoms with Crippen LogP contribution in [-0.4, -0.2) is 62.9 Å². The highest BCUT2D eigenvalue weighted by Crippen LogP contribution is 2.34. The minimum Gasteiger partial charge on any atom is -0.493 e. The maximum Gasteiger partial charge on any atom is 0.340 e. The van der Waals surface area contributed by atoms with Crippen molar-refractivity contribution in [3.63, 3.8) is 0 Å². The van der Waals surface area contributed by atoms with E-state index in [1.165, 1.54) is 97.2 Å². The molecule has 0 saturated heterocycles. The number of carbonyl (C=O) groups excluding carboxylic acids is 2. The molecule has 0 atom stereocenters. The van der Waals surface area contributed by atoms with Gasteiger partial charge in [-0.25, -0.2) is 13.2 Å². The molecule has 1 amide bonds. The Hall–Kier alpha value is -4.45. The maximum atomic E-state index is 13.2. The molecule has 12 heteroatoms. The summed E-state index contributed by atoms with van der Waals surface area (Å²) in [6.45, 7) is 0. The topological polar surface area (TPSA) is 130 Å². The third-order valence-electron chi connectivity index (χ3n) is 5.68. The molecule has 3 rings (SSSR count). The summed E-state index contributed by atoms with van der Waals surface area (Å²) in [7, 11) is 4.38. The summed E-state index contributed by atoms with van der Waals surface area (Å²) in [5.41, 5.74) is 0.751. The number of esters is 1. The van der Waals surface area contributed by atoms with Gasteiger partial charge in [0.15, 0.2) is 23.0 Å². The summed E-state index contributed by atoms with van der Waals surface area (Å²) in [4.78, 5) is 25.3. The highest BCUT2D eigenvalue weighted by atomic mass is 32.2. The lowest BCUT2D eigenvalue weighted by Crippen LogP contribution is -2.26. The van der Waals surface area contributed by atoms with E-state index >= 15 is 0 Å². The van der Waals surface area contributed by atoms with Crippen molar-refractivity contribution in [2.75, 3.05) is 52.2 Å². The summed E-state index contributed by atoms with van der Waals surface area (Å²) >= 11 is 0. The number of sulfonamides is 1. The van der Waals surface area contributed by atoms with Crippen LogP contribution in [0.2, 0.25) is 0 Å². The average molecular weight is 545 g/mol. The molecule has 202 valence electrons. The Balaban J connectivity index is 1.87. The van der Waals surface area contributed by atoms with Crippen molar-refractivity contribution >= 4 is 33.3 Å². The van der Waals surface area contributed by atoms with Crippen LogP contribution in [0.4, 0.5) is 11.4 Å². The van der Waals surface area contributed by atoms with Gasteiger partial charge < -0.3 is 29.0 Å². The Morgan fingerprint density at radius 2 is 1.29 bits per heavy atom. The number of nitrogens with zero attached hydrogens (tertiary/aromatic N) is 1. The van der Waals surface area contributed by atoms with Crippen molar-refractivity contribution in [1.29, 1.82) is 0 Å². The SMILES string of the molecule is COC(=O)c1cc(OC)c(OC)cc1NC(=O)c1ccc(N(C)S(=O)(=O)c2ccc(OC)c(OC)c2)cc1. The van der Waals surface area contributed by atoms with E-state index in [0.29, 0.717) is 17.2 Å². The number of methoxy groups -OCH3 is 5. The third-order valence-corrected chi connectivity index (χ3v) is 7.47. The lowest BCUT2D eigenvalue weighted by atomic mass is 10.1. The zero-order valence-corrected chi connectivity index (χ0v) is 22.5. The van der Waals surface area contributed by atoms with Crippen LogP contribution in [0.15, 0.2) is 59.5 Å². The molecule has 0 aliphatic rings. The molecule has 38 heavy (non-hydrogen) atoms. The molecular weight excluding hydrogens is 516 g/mol. The third kappa shape index (κ3) is 5.59. The summed E-state index contributed by atoms with van der Waals surface area (Å²) < 4.78 is 53.1. The standard InChI is InChI=1S/C26H28N2O9S/c1-28(38(31,32)18-11-12-21(33-2)22(13-18)34-3)17-9-7-16(8-10-17)25(29)27-20-15-24(36-5)23(35-4)14-19(20)26(30)37-6/h7-15H,1-6H3,(H,27,29). The van der Waals surface area contributed by atoms with Gasteiger partial charge in [-0.05, 0) is 36.4 Å². The maximum absolute atomic E-state index is 13.2. The fraction of sp³-hybridized carbons (Fsp3) is 0.231. The molecule has 0 saturated carbocycles. The fourth-order valence-corrected chi connectivity index (χ4v) is 4.76. The molecule has 0 radical (unpaired) electrons. The molecule has 3 aromatic rings. The highest BCUT2D eigenvalue weighted by Gasteiger charge is 2.24. The molecular formula is C26H28N2O9S. The van der Waals surface area contributed by atoms with E-state index in [1.807, 2.05) is 0 Å². The van der Waals surface area contributed by atoms with Crippen molar-refractivity contribution in [2.45, 2.75) is 4.90 Å². The van der Waals surface area contributed by atoms with Gasteiger partial charge in [0.2, 0.25) is 0 Å². The Labute approximate surface area is 220 Å². The molecule has 0 unspecified atom stereocenters. The normalized spacial score (nSPS) is 10.8. The largest absolute Gasteiger partial charge is 0.493 e. The minimum atomic E-state index is -3.94. The van der Waals surface area contributed by atoms with Gasteiger partial charge in [0.25, 0.3) is 15.9 Å². The molecule has 0 bridgehead atoms. The van der Waals surface area contributed by atoms with E-state index < -0.39 is 21.9 Å². The number of benzene rings is 3. The van der Waals surface area contributed by atoms with Crippen molar-refractivity contribution in [1.82, 2.24) is 0 Å². The second-order valence-electron chi connectivity index (χ2n) is 7.73. The van der Waals surface area contributed by atoms with Crippen molar-refractivity contribution in [3.05, 3.63) is 65.7 Å². The quantitative estimate of drug-likeness (QED) is 0.381. The van der Waals surface area contributed by atoms with Gasteiger partial charge in [0.05, 0.1) is 57.4 Å². The highest BCUT2D eigenvalue weighted by molar-refractivity contribution is 7.92. The Morgan fingerprint density at radius 3 is 1.84 bits per heavy atom. The number of hydrogen-bond acceptors (Lipinski definition) is 9. The van der Waals surface area contributed by atoms with Crippen LogP contribution in [0, 0.1) is 0 Å². The first-order valence-electron chi connectivity index (χ1n) is 11.1. The van der Waals surface area contributed by atoms with Gasteiger partial charge in [0, 0.05) is 30.8 Å². The molecule has 11 nitrogen and oxygen atoms in total. The monoisotopic (exact) mass is 544 g/mol. The van der Waals surface area contributed by atoms with E-state index in [0.717, 1.165) is 4.31 Å². The van der Waals surface area contributed by atoms with Gasteiger partial charge in [0.1, 0.15) is 0 Å². The van der Waals surface area contributed by atoms with E-state index in [2.05, 4.69) is 5.32 Å². The van der Waals surface area contributed by atoms with Gasteiger partial charge in [-0.15, -0.1) is 0 Å². The summed E-state index contributed by atoms with van der Waals surface area (Å²) in [5, 5.41) is 2.66. The number of ether oxygens (including phenoxy) is 5. The summed E-state index contributed by atoms with van der Waals surface area (Å²) in [6, 6.07) is 13.0. The van der Waals surface area contributed by atoms with Crippen LogP contribution in [0.3, 0.4) is 0 Å². The zero-order chi connectivity index (χ0) is 28.0. The summed E-state index contributed by atoms with van der Waals surface area (Å²) in [6.07, 6.45) is 0. The molecule has 0 heterocycles. The molecule has 0 fully saturated rings. The predicted molar refractivity (Wildman–Crippen MR) is 140 cm³/mol. The molecule has 0 aliphatic heterocycles. The van der Waals surface area contributed by atoms with Gasteiger partial charge in [-0.2, -0.15) is 0 Å². The number of nitrogens with one attached hydrogen (secondary N) is 1. The lowest BCUT2D eigenvalue weighted by Gasteiger charge is -2.20. The number of rotatable bonds is 10. The number of carbonyl (C=O) groups is 2. The lowest BCUT2D eigenvalue weighted by molar-refractivity contribution is 0.0601. The van der Waals surface area contributed by atoms with Crippen LogP contribution in [0.25, 0.3) is 0 Å². The van der Waals surface area contributed by atoms with Crippen LogP contribution in [0.5, 0.6) is 23.0 Å². The fourth-order valence-electron chi connectivity index (χ4n) is 3.55. The average Bonchev–Trinajstić information content (AvgIpc) is 2.95. The summed E-state index contributed by atoms with van der Waals surface area (Å²) in [5.74, 6) is 0.0319. The number of anilines is 2. The van der Waals surface area contributed by atoms with E-state index in [1.54, 1.807) is 0 Å². The van der Waals surface area contributed by atoms with E-state index in [4.69, 9.17) is 23.7 Å². The smallest absolute Gasteiger partial charge is 0.340 e. The van der Waals surface area contributed by atoms with Crippen LogP contribution in [-0.2, 0) is 14.8 Å². The van der Waals surface area contributed by atoms with Gasteiger partial charge in [-0.3, -0.25) is 9.10 Å². The van der Waals surface area contributed by atoms with Crippen LogP contribution >= 0.6 is 0 Å². The molecule has 0 aliphatic carbocycles. The van der Waals surface area contributed by atoms with Gasteiger partial charge >= 0.3 is 5.97 Å². The second kappa shape index (κ2) is 11.7. The molecule has 3 aromatic carbocycles. The van der Waals surface area contributed by atoms with E-state index in [-0.39, 0.29) is 33.2 Å². The van der Waals surface area contributed by atoms with Crippen LogP contribution in [0.1, 0.15) is 20.7 Å².